The number of pyridine rings is 1. The van der Waals surface area contributed by atoms with E-state index >= 15 is 0 Å². The number of rotatable bonds is 4. The summed E-state index contributed by atoms with van der Waals surface area (Å²) in [4.78, 5) is 16.2. The van der Waals surface area contributed by atoms with Crippen LogP contribution in [-0.2, 0) is 0 Å². The summed E-state index contributed by atoms with van der Waals surface area (Å²) >= 11 is 0. The van der Waals surface area contributed by atoms with Crippen LogP contribution >= 0.6 is 0 Å². The van der Waals surface area contributed by atoms with E-state index in [9.17, 15) is 9.90 Å². The van der Waals surface area contributed by atoms with Crippen molar-refractivity contribution in [1.82, 2.24) is 15.5 Å². The average Bonchev–Trinajstić information content (AvgIpc) is 3.06. The molecule has 22 heavy (non-hydrogen) atoms. The van der Waals surface area contributed by atoms with Gasteiger partial charge in [-0.05, 0) is 25.0 Å². The molecule has 1 aliphatic rings. The molecule has 2 N–H and O–H groups in total. The Bertz CT molecular complexity index is 627. The number of nitrogens with one attached hydrogen (secondary N) is 1. The zero-order valence-corrected chi connectivity index (χ0v) is 12.2. The summed E-state index contributed by atoms with van der Waals surface area (Å²) < 4.78 is 5.23. The molecule has 0 aromatic carbocycles. The number of hydrogen-bond donors (Lipinski definition) is 2. The zero-order chi connectivity index (χ0) is 15.4. The van der Waals surface area contributed by atoms with Gasteiger partial charge >= 0.3 is 0 Å². The molecule has 0 radical (unpaired) electrons. The minimum absolute atomic E-state index is 0.00678. The highest BCUT2D eigenvalue weighted by atomic mass is 16.5. The molecule has 2 atom stereocenters. The molecule has 116 valence electrons. The Labute approximate surface area is 128 Å². The standard InChI is InChI=1S/C16H19N3O3/c20-10-12-3-1-2-4-13(12)18-16(21)14-9-15(22-19-14)11-5-7-17-8-6-11/h5-9,12-13,20H,1-4,10H2,(H,18,21). The highest BCUT2D eigenvalue weighted by molar-refractivity contribution is 5.93. The van der Waals surface area contributed by atoms with Crippen molar-refractivity contribution in [1.29, 1.82) is 0 Å². The molecule has 1 amide bonds. The van der Waals surface area contributed by atoms with E-state index in [-0.39, 0.29) is 30.2 Å². The van der Waals surface area contributed by atoms with Crippen molar-refractivity contribution >= 4 is 5.91 Å². The molecule has 2 unspecified atom stereocenters. The second kappa shape index (κ2) is 6.70. The maximum absolute atomic E-state index is 12.3. The second-order valence-corrected chi connectivity index (χ2v) is 5.62. The normalized spacial score (nSPS) is 21.5. The fourth-order valence-corrected chi connectivity index (χ4v) is 2.89. The predicted octanol–water partition coefficient (Wildman–Crippen LogP) is 2.02. The number of hydrogen-bond acceptors (Lipinski definition) is 5. The van der Waals surface area contributed by atoms with Gasteiger partial charge in [0.05, 0.1) is 0 Å². The van der Waals surface area contributed by atoms with E-state index < -0.39 is 0 Å². The lowest BCUT2D eigenvalue weighted by Crippen LogP contribution is -2.43. The van der Waals surface area contributed by atoms with Crippen LogP contribution in [0.2, 0.25) is 0 Å². The first-order chi connectivity index (χ1) is 10.8. The van der Waals surface area contributed by atoms with E-state index in [1.165, 1.54) is 0 Å². The average molecular weight is 301 g/mol. The van der Waals surface area contributed by atoms with Crippen molar-refractivity contribution in [3.63, 3.8) is 0 Å². The Morgan fingerprint density at radius 3 is 2.86 bits per heavy atom. The van der Waals surface area contributed by atoms with E-state index in [0.29, 0.717) is 5.76 Å². The number of carbonyl (C=O) groups excluding carboxylic acids is 1. The number of amides is 1. The molecule has 2 heterocycles. The zero-order valence-electron chi connectivity index (χ0n) is 12.2. The van der Waals surface area contributed by atoms with Gasteiger partial charge in [0.1, 0.15) is 0 Å². The minimum Gasteiger partial charge on any atom is -0.396 e. The fourth-order valence-electron chi connectivity index (χ4n) is 2.89. The van der Waals surface area contributed by atoms with Gasteiger partial charge in [0.15, 0.2) is 11.5 Å². The molecule has 1 saturated carbocycles. The third-order valence-electron chi connectivity index (χ3n) is 4.17. The molecular formula is C16H19N3O3. The number of carbonyl (C=O) groups is 1. The van der Waals surface area contributed by atoms with Gasteiger partial charge in [-0.15, -0.1) is 0 Å². The van der Waals surface area contributed by atoms with E-state index in [4.69, 9.17) is 4.52 Å². The third kappa shape index (κ3) is 3.17. The Kier molecular flexibility index (Phi) is 4.48. The van der Waals surface area contributed by atoms with Gasteiger partial charge in [-0.2, -0.15) is 0 Å². The van der Waals surface area contributed by atoms with Crippen LogP contribution in [0, 0.1) is 5.92 Å². The van der Waals surface area contributed by atoms with E-state index in [2.05, 4.69) is 15.5 Å². The van der Waals surface area contributed by atoms with Crippen LogP contribution in [-0.4, -0.2) is 33.8 Å². The highest BCUT2D eigenvalue weighted by Crippen LogP contribution is 2.25. The summed E-state index contributed by atoms with van der Waals surface area (Å²) in [5.41, 5.74) is 1.08. The van der Waals surface area contributed by atoms with Gasteiger partial charge in [0.2, 0.25) is 0 Å². The topological polar surface area (TPSA) is 88.2 Å². The van der Waals surface area contributed by atoms with E-state index in [1.54, 1.807) is 30.6 Å². The molecular weight excluding hydrogens is 282 g/mol. The summed E-state index contributed by atoms with van der Waals surface area (Å²) in [6.07, 6.45) is 7.34. The van der Waals surface area contributed by atoms with Crippen molar-refractivity contribution in [2.45, 2.75) is 31.7 Å². The summed E-state index contributed by atoms with van der Waals surface area (Å²) in [6.45, 7) is 0.103. The Hall–Kier alpha value is -2.21. The first-order valence-corrected chi connectivity index (χ1v) is 7.57. The van der Waals surface area contributed by atoms with Crippen molar-refractivity contribution < 1.29 is 14.4 Å². The quantitative estimate of drug-likeness (QED) is 0.902. The molecule has 6 heteroatoms. The predicted molar refractivity (Wildman–Crippen MR) is 80.0 cm³/mol. The minimum atomic E-state index is -0.255. The lowest BCUT2D eigenvalue weighted by molar-refractivity contribution is 0.0864. The van der Waals surface area contributed by atoms with Crippen molar-refractivity contribution in [2.24, 2.45) is 5.92 Å². The first kappa shape index (κ1) is 14.7. The molecule has 3 rings (SSSR count). The van der Waals surface area contributed by atoms with E-state index in [0.717, 1.165) is 31.2 Å². The monoisotopic (exact) mass is 301 g/mol. The SMILES string of the molecule is O=C(NC1CCCCC1CO)c1cc(-c2ccncc2)on1. The molecule has 1 fully saturated rings. The van der Waals surface area contributed by atoms with Crippen LogP contribution in [0.4, 0.5) is 0 Å². The molecule has 1 aliphatic carbocycles. The van der Waals surface area contributed by atoms with Crippen molar-refractivity contribution in [3.8, 4) is 11.3 Å². The molecule has 0 bridgehead atoms. The Balaban J connectivity index is 1.69. The van der Waals surface area contributed by atoms with Gasteiger partial charge < -0.3 is 14.9 Å². The van der Waals surface area contributed by atoms with Crippen LogP contribution in [0.1, 0.15) is 36.2 Å². The van der Waals surface area contributed by atoms with Crippen LogP contribution in [0.15, 0.2) is 35.1 Å². The molecule has 2 aromatic heterocycles. The maximum Gasteiger partial charge on any atom is 0.273 e. The summed E-state index contributed by atoms with van der Waals surface area (Å²) in [5, 5.41) is 16.2. The molecule has 0 aliphatic heterocycles. The Morgan fingerprint density at radius 1 is 1.32 bits per heavy atom. The van der Waals surface area contributed by atoms with E-state index in [1.807, 2.05) is 0 Å². The number of aliphatic hydroxyl groups excluding tert-OH is 1. The molecule has 2 aromatic rings. The summed E-state index contributed by atoms with van der Waals surface area (Å²) in [6, 6.07) is 5.23. The Morgan fingerprint density at radius 2 is 2.09 bits per heavy atom. The smallest absolute Gasteiger partial charge is 0.273 e. The van der Waals surface area contributed by atoms with Gasteiger partial charge in [-0.1, -0.05) is 18.0 Å². The second-order valence-electron chi connectivity index (χ2n) is 5.62. The summed E-state index contributed by atoms with van der Waals surface area (Å²) in [7, 11) is 0. The molecule has 0 saturated heterocycles. The van der Waals surface area contributed by atoms with Gasteiger partial charge in [-0.25, -0.2) is 0 Å². The van der Waals surface area contributed by atoms with Crippen LogP contribution in [0.5, 0.6) is 0 Å². The van der Waals surface area contributed by atoms with Gasteiger partial charge in [-0.3, -0.25) is 9.78 Å². The van der Waals surface area contributed by atoms with Crippen molar-refractivity contribution in [2.75, 3.05) is 6.61 Å². The first-order valence-electron chi connectivity index (χ1n) is 7.57. The highest BCUT2D eigenvalue weighted by Gasteiger charge is 2.27. The van der Waals surface area contributed by atoms with Crippen molar-refractivity contribution in [3.05, 3.63) is 36.3 Å². The third-order valence-corrected chi connectivity index (χ3v) is 4.17. The van der Waals surface area contributed by atoms with Gasteiger partial charge in [0, 0.05) is 42.6 Å². The van der Waals surface area contributed by atoms with Crippen LogP contribution < -0.4 is 5.32 Å². The number of nitrogens with zero attached hydrogens (tertiary/aromatic N) is 2. The number of aromatic nitrogens is 2. The van der Waals surface area contributed by atoms with Crippen LogP contribution in [0.3, 0.4) is 0 Å². The number of aliphatic hydroxyl groups is 1. The largest absolute Gasteiger partial charge is 0.396 e. The molecule has 0 spiro atoms. The maximum atomic E-state index is 12.3. The lowest BCUT2D eigenvalue weighted by atomic mass is 9.85. The summed E-state index contributed by atoms with van der Waals surface area (Å²) in [5.74, 6) is 0.411. The van der Waals surface area contributed by atoms with Crippen LogP contribution in [0.25, 0.3) is 11.3 Å². The lowest BCUT2D eigenvalue weighted by Gasteiger charge is -2.30. The molecule has 6 nitrogen and oxygen atoms in total. The van der Waals surface area contributed by atoms with Gasteiger partial charge in [0.25, 0.3) is 5.91 Å². The fraction of sp³-hybridized carbons (Fsp3) is 0.438.